The predicted octanol–water partition coefficient (Wildman–Crippen LogP) is 3.22. The van der Waals surface area contributed by atoms with Gasteiger partial charge in [-0.25, -0.2) is 0 Å². The minimum atomic E-state index is 0.915. The largest absolute Gasteiger partial charge is 0.0617 e. The Kier molecular flexibility index (Phi) is 1.09. The maximum atomic E-state index is 2.50. The molecule has 11 heavy (non-hydrogen) atoms. The Labute approximate surface area is 69.4 Å². The van der Waals surface area contributed by atoms with Crippen LogP contribution >= 0.6 is 0 Å². The quantitative estimate of drug-likeness (QED) is 0.497. The highest BCUT2D eigenvalue weighted by Crippen LogP contribution is 2.75. The maximum Gasteiger partial charge on any atom is -0.0210 e. The monoisotopic (exact) mass is 150 g/mol. The van der Waals surface area contributed by atoms with Crippen LogP contribution in [0.5, 0.6) is 0 Å². The third kappa shape index (κ3) is 0.588. The standard InChI is InChI=1S/C11H18/c1-8-10-6-5-9-4-2-3-7-11(8,9)10/h8-10H,2-7H2,1H3. The van der Waals surface area contributed by atoms with Crippen molar-refractivity contribution in [1.29, 1.82) is 0 Å². The minimum Gasteiger partial charge on any atom is -0.0617 e. The first-order chi connectivity index (χ1) is 5.36. The molecule has 0 heteroatoms. The second-order valence-electron chi connectivity index (χ2n) is 5.03. The van der Waals surface area contributed by atoms with Gasteiger partial charge in [0.05, 0.1) is 0 Å². The fourth-order valence-electron chi connectivity index (χ4n) is 4.45. The van der Waals surface area contributed by atoms with Gasteiger partial charge >= 0.3 is 0 Å². The van der Waals surface area contributed by atoms with E-state index in [9.17, 15) is 0 Å². The highest BCUT2D eigenvalue weighted by atomic mass is 14.7. The molecule has 0 saturated heterocycles. The molecule has 0 amide bonds. The first-order valence-electron chi connectivity index (χ1n) is 5.36. The van der Waals surface area contributed by atoms with Gasteiger partial charge in [-0.1, -0.05) is 19.8 Å². The molecule has 0 N–H and O–H groups in total. The second-order valence-corrected chi connectivity index (χ2v) is 5.03. The van der Waals surface area contributed by atoms with Crippen molar-refractivity contribution in [3.05, 3.63) is 0 Å². The van der Waals surface area contributed by atoms with Crippen LogP contribution in [0.3, 0.4) is 0 Å². The summed E-state index contributed by atoms with van der Waals surface area (Å²) in [6.07, 6.45) is 9.38. The number of rotatable bonds is 0. The average molecular weight is 150 g/mol. The Bertz CT molecular complexity index is 184. The molecule has 3 saturated carbocycles. The molecule has 3 aliphatic carbocycles. The van der Waals surface area contributed by atoms with Gasteiger partial charge in [0, 0.05) is 0 Å². The van der Waals surface area contributed by atoms with Crippen molar-refractivity contribution in [2.75, 3.05) is 0 Å². The summed E-state index contributed by atoms with van der Waals surface area (Å²) >= 11 is 0. The minimum absolute atomic E-state index is 0.915. The lowest BCUT2D eigenvalue weighted by molar-refractivity contribution is 0.208. The molecule has 3 fully saturated rings. The van der Waals surface area contributed by atoms with E-state index >= 15 is 0 Å². The Morgan fingerprint density at radius 1 is 1.09 bits per heavy atom. The first-order valence-corrected chi connectivity index (χ1v) is 5.36. The molecular weight excluding hydrogens is 132 g/mol. The summed E-state index contributed by atoms with van der Waals surface area (Å²) in [5.74, 6) is 3.45. The summed E-state index contributed by atoms with van der Waals surface area (Å²) in [6, 6.07) is 0. The van der Waals surface area contributed by atoms with E-state index in [1.807, 2.05) is 0 Å². The van der Waals surface area contributed by atoms with Gasteiger partial charge in [0.2, 0.25) is 0 Å². The van der Waals surface area contributed by atoms with Crippen LogP contribution in [0, 0.1) is 23.2 Å². The van der Waals surface area contributed by atoms with E-state index in [0.29, 0.717) is 0 Å². The molecule has 0 aromatic carbocycles. The van der Waals surface area contributed by atoms with Crippen LogP contribution in [0.25, 0.3) is 0 Å². The van der Waals surface area contributed by atoms with Crippen LogP contribution in [0.15, 0.2) is 0 Å². The molecule has 0 radical (unpaired) electrons. The third-order valence-electron chi connectivity index (χ3n) is 5.03. The molecule has 1 spiro atoms. The molecule has 62 valence electrons. The highest BCUT2D eigenvalue weighted by Gasteiger charge is 2.68. The van der Waals surface area contributed by atoms with Gasteiger partial charge in [-0.05, 0) is 48.9 Å². The van der Waals surface area contributed by atoms with Crippen LogP contribution in [0.4, 0.5) is 0 Å². The van der Waals surface area contributed by atoms with Gasteiger partial charge in [-0.2, -0.15) is 0 Å². The molecular formula is C11H18. The molecule has 0 nitrogen and oxygen atoms in total. The summed E-state index contributed by atoms with van der Waals surface area (Å²) in [5.41, 5.74) is 0.915. The van der Waals surface area contributed by atoms with Gasteiger partial charge in [0.1, 0.15) is 0 Å². The molecule has 3 aliphatic rings. The van der Waals surface area contributed by atoms with E-state index in [0.717, 1.165) is 17.3 Å². The molecule has 4 unspecified atom stereocenters. The highest BCUT2D eigenvalue weighted by molar-refractivity contribution is 5.16. The third-order valence-corrected chi connectivity index (χ3v) is 5.03. The van der Waals surface area contributed by atoms with Crippen molar-refractivity contribution in [3.8, 4) is 0 Å². The van der Waals surface area contributed by atoms with E-state index < -0.39 is 0 Å². The molecule has 4 atom stereocenters. The molecule has 0 aromatic rings. The van der Waals surface area contributed by atoms with Crippen molar-refractivity contribution in [2.24, 2.45) is 23.2 Å². The number of hydrogen-bond donors (Lipinski definition) is 0. The molecule has 3 rings (SSSR count). The van der Waals surface area contributed by atoms with Crippen LogP contribution in [0.2, 0.25) is 0 Å². The Balaban J connectivity index is 1.91. The summed E-state index contributed by atoms with van der Waals surface area (Å²) in [7, 11) is 0. The molecule has 0 bridgehead atoms. The van der Waals surface area contributed by atoms with Crippen LogP contribution < -0.4 is 0 Å². The second kappa shape index (κ2) is 1.84. The Morgan fingerprint density at radius 3 is 2.73 bits per heavy atom. The summed E-state index contributed by atoms with van der Waals surface area (Å²) < 4.78 is 0. The lowest BCUT2D eigenvalue weighted by Gasteiger charge is -2.29. The van der Waals surface area contributed by atoms with Gasteiger partial charge in [-0.3, -0.25) is 0 Å². The van der Waals surface area contributed by atoms with Crippen LogP contribution in [-0.2, 0) is 0 Å². The van der Waals surface area contributed by atoms with Crippen molar-refractivity contribution < 1.29 is 0 Å². The van der Waals surface area contributed by atoms with Gasteiger partial charge in [0.25, 0.3) is 0 Å². The predicted molar refractivity (Wildman–Crippen MR) is 46.3 cm³/mol. The van der Waals surface area contributed by atoms with E-state index in [4.69, 9.17) is 0 Å². The lowest BCUT2D eigenvalue weighted by Crippen LogP contribution is -2.19. The normalized spacial score (nSPS) is 60.3. The van der Waals surface area contributed by atoms with Crippen LogP contribution in [-0.4, -0.2) is 0 Å². The van der Waals surface area contributed by atoms with E-state index in [2.05, 4.69) is 6.92 Å². The Hall–Kier alpha value is 0. The van der Waals surface area contributed by atoms with Gasteiger partial charge < -0.3 is 0 Å². The maximum absolute atomic E-state index is 2.50. The van der Waals surface area contributed by atoms with Crippen molar-refractivity contribution in [3.63, 3.8) is 0 Å². The molecule has 0 aromatic heterocycles. The zero-order chi connectivity index (χ0) is 7.47. The fourth-order valence-corrected chi connectivity index (χ4v) is 4.45. The van der Waals surface area contributed by atoms with Crippen LogP contribution in [0.1, 0.15) is 45.4 Å². The van der Waals surface area contributed by atoms with Gasteiger partial charge in [0.15, 0.2) is 0 Å². The van der Waals surface area contributed by atoms with E-state index in [-0.39, 0.29) is 0 Å². The zero-order valence-corrected chi connectivity index (χ0v) is 7.47. The lowest BCUT2D eigenvalue weighted by atomic mass is 9.76. The van der Waals surface area contributed by atoms with Crippen molar-refractivity contribution >= 4 is 0 Å². The van der Waals surface area contributed by atoms with E-state index in [1.54, 1.807) is 25.7 Å². The number of hydrogen-bond acceptors (Lipinski definition) is 0. The van der Waals surface area contributed by atoms with Crippen molar-refractivity contribution in [1.82, 2.24) is 0 Å². The van der Waals surface area contributed by atoms with E-state index in [1.165, 1.54) is 18.8 Å². The topological polar surface area (TPSA) is 0 Å². The summed E-state index contributed by atoms with van der Waals surface area (Å²) in [5, 5.41) is 0. The SMILES string of the molecule is CC1C2CCC3CCCCC312. The fraction of sp³-hybridized carbons (Fsp3) is 1.00. The Morgan fingerprint density at radius 2 is 2.00 bits per heavy atom. The smallest absolute Gasteiger partial charge is 0.0210 e. The average Bonchev–Trinajstić information content (AvgIpc) is 2.49. The van der Waals surface area contributed by atoms with Gasteiger partial charge in [-0.15, -0.1) is 0 Å². The zero-order valence-electron chi connectivity index (χ0n) is 7.47. The molecule has 0 heterocycles. The van der Waals surface area contributed by atoms with Crippen molar-refractivity contribution in [2.45, 2.75) is 45.4 Å². The summed E-state index contributed by atoms with van der Waals surface area (Å²) in [6.45, 7) is 2.50. The molecule has 0 aliphatic heterocycles. The first kappa shape index (κ1) is 6.51. The summed E-state index contributed by atoms with van der Waals surface area (Å²) in [4.78, 5) is 0.